The second kappa shape index (κ2) is 6.54. The minimum absolute atomic E-state index is 0.168. The van der Waals surface area contributed by atoms with E-state index in [9.17, 15) is 4.79 Å². The zero-order valence-corrected chi connectivity index (χ0v) is 13.7. The summed E-state index contributed by atoms with van der Waals surface area (Å²) in [6, 6.07) is 1.99. The SMILES string of the molecule is COCCOc1cc(C)n2cnc(C(=O)NC(C)C3CC3)c2n1. The van der Waals surface area contributed by atoms with Crippen LogP contribution in [-0.2, 0) is 4.74 Å². The highest BCUT2D eigenvalue weighted by atomic mass is 16.5. The lowest BCUT2D eigenvalue weighted by molar-refractivity contribution is 0.0933. The second-order valence-corrected chi connectivity index (χ2v) is 5.96. The molecule has 1 saturated carbocycles. The lowest BCUT2D eigenvalue weighted by Crippen LogP contribution is -2.34. The average Bonchev–Trinajstić information content (AvgIpc) is 3.27. The first-order valence-electron chi connectivity index (χ1n) is 7.87. The number of aromatic nitrogens is 3. The van der Waals surface area contributed by atoms with Crippen molar-refractivity contribution in [2.45, 2.75) is 32.7 Å². The fourth-order valence-electron chi connectivity index (χ4n) is 2.54. The number of hydrogen-bond acceptors (Lipinski definition) is 5. The molecular formula is C16H22N4O3. The molecule has 0 saturated heterocycles. The van der Waals surface area contributed by atoms with E-state index < -0.39 is 0 Å². The van der Waals surface area contributed by atoms with Gasteiger partial charge in [0.15, 0.2) is 11.3 Å². The van der Waals surface area contributed by atoms with E-state index in [-0.39, 0.29) is 11.9 Å². The molecule has 0 radical (unpaired) electrons. The number of amides is 1. The van der Waals surface area contributed by atoms with Gasteiger partial charge in [-0.2, -0.15) is 4.98 Å². The zero-order valence-electron chi connectivity index (χ0n) is 13.7. The van der Waals surface area contributed by atoms with Crippen LogP contribution in [0.2, 0.25) is 0 Å². The van der Waals surface area contributed by atoms with Gasteiger partial charge in [-0.25, -0.2) is 4.98 Å². The number of methoxy groups -OCH3 is 1. The van der Waals surface area contributed by atoms with Crippen molar-refractivity contribution in [3.63, 3.8) is 0 Å². The van der Waals surface area contributed by atoms with Crippen molar-refractivity contribution in [3.05, 3.63) is 23.8 Å². The Kier molecular flexibility index (Phi) is 4.47. The van der Waals surface area contributed by atoms with Gasteiger partial charge >= 0.3 is 0 Å². The molecule has 0 spiro atoms. The lowest BCUT2D eigenvalue weighted by Gasteiger charge is -2.12. The van der Waals surface area contributed by atoms with Crippen LogP contribution >= 0.6 is 0 Å². The van der Waals surface area contributed by atoms with Crippen molar-refractivity contribution in [2.75, 3.05) is 20.3 Å². The van der Waals surface area contributed by atoms with Crippen molar-refractivity contribution in [2.24, 2.45) is 5.92 Å². The van der Waals surface area contributed by atoms with E-state index in [2.05, 4.69) is 15.3 Å². The summed E-state index contributed by atoms with van der Waals surface area (Å²) in [6.45, 7) is 4.85. The molecule has 7 nitrogen and oxygen atoms in total. The summed E-state index contributed by atoms with van der Waals surface area (Å²) < 4.78 is 12.3. The molecule has 0 aromatic carbocycles. The monoisotopic (exact) mass is 318 g/mol. The minimum atomic E-state index is -0.187. The maximum Gasteiger partial charge on any atom is 0.274 e. The van der Waals surface area contributed by atoms with E-state index in [0.29, 0.717) is 36.4 Å². The maximum absolute atomic E-state index is 12.5. The summed E-state index contributed by atoms with van der Waals surface area (Å²) in [5.74, 6) is 0.875. The summed E-state index contributed by atoms with van der Waals surface area (Å²) in [5, 5.41) is 3.01. The van der Waals surface area contributed by atoms with Crippen molar-refractivity contribution < 1.29 is 14.3 Å². The van der Waals surface area contributed by atoms with Gasteiger partial charge in [0, 0.05) is 24.9 Å². The Bertz CT molecular complexity index is 709. The molecule has 124 valence electrons. The fraction of sp³-hybridized carbons (Fsp3) is 0.562. The predicted octanol–water partition coefficient (Wildman–Crippen LogP) is 1.59. The lowest BCUT2D eigenvalue weighted by atomic mass is 10.2. The van der Waals surface area contributed by atoms with Gasteiger partial charge in [-0.3, -0.25) is 9.20 Å². The molecule has 1 aliphatic rings. The van der Waals surface area contributed by atoms with Gasteiger partial charge in [0.05, 0.1) is 6.61 Å². The molecule has 0 bridgehead atoms. The number of fused-ring (bicyclic) bond motifs is 1. The number of aryl methyl sites for hydroxylation is 1. The van der Waals surface area contributed by atoms with E-state index in [0.717, 1.165) is 5.69 Å². The summed E-state index contributed by atoms with van der Waals surface area (Å²) >= 11 is 0. The Hall–Kier alpha value is -2.15. The number of nitrogens with zero attached hydrogens (tertiary/aromatic N) is 3. The van der Waals surface area contributed by atoms with Gasteiger partial charge in [0.25, 0.3) is 5.91 Å². The number of carbonyl (C=O) groups is 1. The number of rotatable bonds is 7. The van der Waals surface area contributed by atoms with Crippen LogP contribution in [0.15, 0.2) is 12.4 Å². The van der Waals surface area contributed by atoms with E-state index >= 15 is 0 Å². The Labute approximate surface area is 135 Å². The van der Waals surface area contributed by atoms with Crippen LogP contribution in [0.4, 0.5) is 0 Å². The first-order chi connectivity index (χ1) is 11.1. The smallest absolute Gasteiger partial charge is 0.274 e. The van der Waals surface area contributed by atoms with Crippen LogP contribution in [0.3, 0.4) is 0 Å². The van der Waals surface area contributed by atoms with Crippen molar-refractivity contribution in [1.82, 2.24) is 19.7 Å². The summed E-state index contributed by atoms with van der Waals surface area (Å²) in [7, 11) is 1.62. The van der Waals surface area contributed by atoms with Crippen LogP contribution in [0.25, 0.3) is 5.65 Å². The molecule has 1 amide bonds. The van der Waals surface area contributed by atoms with Crippen LogP contribution in [0.1, 0.15) is 35.9 Å². The number of ether oxygens (including phenoxy) is 2. The quantitative estimate of drug-likeness (QED) is 0.785. The van der Waals surface area contributed by atoms with Gasteiger partial charge < -0.3 is 14.8 Å². The van der Waals surface area contributed by atoms with E-state index in [1.165, 1.54) is 12.8 Å². The van der Waals surface area contributed by atoms with Crippen molar-refractivity contribution >= 4 is 11.6 Å². The average molecular weight is 318 g/mol. The zero-order chi connectivity index (χ0) is 16.4. The van der Waals surface area contributed by atoms with Crippen molar-refractivity contribution in [3.8, 4) is 5.88 Å². The largest absolute Gasteiger partial charge is 0.475 e. The van der Waals surface area contributed by atoms with Crippen LogP contribution in [-0.4, -0.2) is 46.6 Å². The van der Waals surface area contributed by atoms with Gasteiger partial charge in [-0.1, -0.05) is 0 Å². The first kappa shape index (κ1) is 15.7. The Morgan fingerprint density at radius 3 is 2.96 bits per heavy atom. The molecule has 3 rings (SSSR count). The van der Waals surface area contributed by atoms with Gasteiger partial charge in [-0.05, 0) is 32.6 Å². The Morgan fingerprint density at radius 1 is 1.48 bits per heavy atom. The van der Waals surface area contributed by atoms with Crippen LogP contribution < -0.4 is 10.1 Å². The van der Waals surface area contributed by atoms with E-state index in [1.54, 1.807) is 17.8 Å². The number of imidazole rings is 1. The molecule has 1 N–H and O–H groups in total. The molecule has 0 aliphatic heterocycles. The van der Waals surface area contributed by atoms with E-state index in [4.69, 9.17) is 9.47 Å². The number of nitrogens with one attached hydrogen (secondary N) is 1. The van der Waals surface area contributed by atoms with Crippen molar-refractivity contribution in [1.29, 1.82) is 0 Å². The minimum Gasteiger partial charge on any atom is -0.475 e. The van der Waals surface area contributed by atoms with E-state index in [1.807, 2.05) is 19.9 Å². The molecule has 2 heterocycles. The summed E-state index contributed by atoms with van der Waals surface area (Å²) in [6.07, 6.45) is 3.98. The maximum atomic E-state index is 12.5. The highest BCUT2D eigenvalue weighted by molar-refractivity contribution is 5.98. The Morgan fingerprint density at radius 2 is 2.26 bits per heavy atom. The molecule has 7 heteroatoms. The third-order valence-electron chi connectivity index (χ3n) is 4.11. The standard InChI is InChI=1S/C16H22N4O3/c1-10-8-13(23-7-6-22-3)19-15-14(17-9-20(10)15)16(21)18-11(2)12-4-5-12/h8-9,11-12H,4-7H2,1-3H3,(H,18,21). The molecule has 2 aromatic heterocycles. The number of carbonyl (C=O) groups excluding carboxylic acids is 1. The molecule has 1 atom stereocenters. The highest BCUT2D eigenvalue weighted by Gasteiger charge is 2.30. The summed E-state index contributed by atoms with van der Waals surface area (Å²) in [5.41, 5.74) is 1.75. The molecule has 1 fully saturated rings. The second-order valence-electron chi connectivity index (χ2n) is 5.96. The van der Waals surface area contributed by atoms with Crippen LogP contribution in [0, 0.1) is 12.8 Å². The molecule has 1 unspecified atom stereocenters. The van der Waals surface area contributed by atoms with Crippen LogP contribution in [0.5, 0.6) is 5.88 Å². The fourth-order valence-corrected chi connectivity index (χ4v) is 2.54. The normalized spacial score (nSPS) is 15.6. The van der Waals surface area contributed by atoms with Gasteiger partial charge in [0.2, 0.25) is 5.88 Å². The molecule has 1 aliphatic carbocycles. The first-order valence-corrected chi connectivity index (χ1v) is 7.87. The number of hydrogen-bond donors (Lipinski definition) is 1. The molecule has 2 aromatic rings. The topological polar surface area (TPSA) is 77.8 Å². The summed E-state index contributed by atoms with van der Waals surface area (Å²) in [4.78, 5) is 21.1. The van der Waals surface area contributed by atoms with Gasteiger partial charge in [-0.15, -0.1) is 0 Å². The highest BCUT2D eigenvalue weighted by Crippen LogP contribution is 2.32. The predicted molar refractivity (Wildman–Crippen MR) is 84.7 cm³/mol. The third-order valence-corrected chi connectivity index (χ3v) is 4.11. The van der Waals surface area contributed by atoms with Gasteiger partial charge in [0.1, 0.15) is 12.9 Å². The Balaban J connectivity index is 1.83. The molecule has 23 heavy (non-hydrogen) atoms. The third kappa shape index (κ3) is 3.44. The molecular weight excluding hydrogens is 296 g/mol.